The number of hydrogen-bond acceptors (Lipinski definition) is 2. The second-order valence-electron chi connectivity index (χ2n) is 2.36. The van der Waals surface area contributed by atoms with Gasteiger partial charge in [0.1, 0.15) is 5.76 Å². The molecule has 0 bridgehead atoms. The summed E-state index contributed by atoms with van der Waals surface area (Å²) in [5, 5.41) is 0. The molecule has 0 spiro atoms. The molecule has 2 N–H and O–H groups in total. The Kier molecular flexibility index (Phi) is 2.76. The summed E-state index contributed by atoms with van der Waals surface area (Å²) in [6.45, 7) is 0. The van der Waals surface area contributed by atoms with E-state index in [4.69, 9.17) is 16.6 Å². The smallest absolute Gasteiger partial charge is 0.120 e. The zero-order valence-electron chi connectivity index (χ0n) is 6.29. The number of nitrogens with two attached hydrogens (primary N) is 1. The van der Waals surface area contributed by atoms with Gasteiger partial charge in [0.2, 0.25) is 0 Å². The number of terminal acetylenes is 1. The number of furan rings is 1. The van der Waals surface area contributed by atoms with Crippen LogP contribution in [-0.2, 0) is 0 Å². The molecule has 1 aromatic heterocycles. The highest BCUT2D eigenvalue weighted by Crippen LogP contribution is 2.14. The van der Waals surface area contributed by atoms with Crippen LogP contribution in [0.15, 0.2) is 22.8 Å². The molecule has 0 saturated carbocycles. The molecule has 58 valence electrons. The van der Waals surface area contributed by atoms with Crippen molar-refractivity contribution in [3.8, 4) is 12.3 Å². The van der Waals surface area contributed by atoms with Gasteiger partial charge in [0.05, 0.1) is 12.3 Å². The minimum absolute atomic E-state index is 0.0546. The van der Waals surface area contributed by atoms with Crippen LogP contribution in [0.3, 0.4) is 0 Å². The van der Waals surface area contributed by atoms with Crippen molar-refractivity contribution in [1.29, 1.82) is 0 Å². The first-order valence-electron chi connectivity index (χ1n) is 3.57. The highest BCUT2D eigenvalue weighted by molar-refractivity contribution is 5.04. The van der Waals surface area contributed by atoms with E-state index < -0.39 is 0 Å². The predicted octanol–water partition coefficient (Wildman–Crippen LogP) is 1.69. The fourth-order valence-corrected chi connectivity index (χ4v) is 0.883. The molecule has 2 nitrogen and oxygen atoms in total. The molecular formula is C9H11NO. The molecule has 2 heteroatoms. The van der Waals surface area contributed by atoms with Gasteiger partial charge in [-0.3, -0.25) is 0 Å². The van der Waals surface area contributed by atoms with Crippen molar-refractivity contribution in [2.75, 3.05) is 0 Å². The van der Waals surface area contributed by atoms with Crippen LogP contribution >= 0.6 is 0 Å². The summed E-state index contributed by atoms with van der Waals surface area (Å²) in [5.74, 6) is 3.34. The van der Waals surface area contributed by atoms with Crippen molar-refractivity contribution < 1.29 is 4.42 Å². The van der Waals surface area contributed by atoms with Gasteiger partial charge in [-0.25, -0.2) is 0 Å². The average Bonchev–Trinajstić information content (AvgIpc) is 2.52. The molecule has 1 heterocycles. The molecule has 0 aliphatic rings. The molecule has 1 atom stereocenters. The lowest BCUT2D eigenvalue weighted by molar-refractivity contribution is 0.455. The SMILES string of the molecule is C#CCCC(N)c1ccco1. The summed E-state index contributed by atoms with van der Waals surface area (Å²) < 4.78 is 5.10. The predicted molar refractivity (Wildman–Crippen MR) is 43.7 cm³/mol. The molecule has 0 radical (unpaired) electrons. The van der Waals surface area contributed by atoms with Crippen LogP contribution < -0.4 is 5.73 Å². The van der Waals surface area contributed by atoms with Crippen LogP contribution in [0.5, 0.6) is 0 Å². The summed E-state index contributed by atoms with van der Waals surface area (Å²) in [6, 6.07) is 3.63. The van der Waals surface area contributed by atoms with Crippen LogP contribution in [0.2, 0.25) is 0 Å². The van der Waals surface area contributed by atoms with Crippen LogP contribution in [0.1, 0.15) is 24.6 Å². The van der Waals surface area contributed by atoms with E-state index in [0.717, 1.165) is 12.2 Å². The third-order valence-corrected chi connectivity index (χ3v) is 1.51. The number of hydrogen-bond donors (Lipinski definition) is 1. The summed E-state index contributed by atoms with van der Waals surface area (Å²) >= 11 is 0. The van der Waals surface area contributed by atoms with E-state index in [2.05, 4.69) is 5.92 Å². The highest BCUT2D eigenvalue weighted by atomic mass is 16.3. The summed E-state index contributed by atoms with van der Waals surface area (Å²) in [4.78, 5) is 0. The molecular weight excluding hydrogens is 138 g/mol. The molecule has 0 aromatic carbocycles. The summed E-state index contributed by atoms with van der Waals surface area (Å²) in [5.41, 5.74) is 5.74. The first-order valence-corrected chi connectivity index (χ1v) is 3.57. The molecule has 0 aliphatic carbocycles. The van der Waals surface area contributed by atoms with Gasteiger partial charge in [0.25, 0.3) is 0 Å². The zero-order valence-corrected chi connectivity index (χ0v) is 6.29. The van der Waals surface area contributed by atoms with Gasteiger partial charge in [-0.2, -0.15) is 0 Å². The largest absolute Gasteiger partial charge is 0.468 e. The van der Waals surface area contributed by atoms with Gasteiger partial charge in [-0.15, -0.1) is 12.3 Å². The van der Waals surface area contributed by atoms with Crippen molar-refractivity contribution >= 4 is 0 Å². The fraction of sp³-hybridized carbons (Fsp3) is 0.333. The number of rotatable bonds is 3. The van der Waals surface area contributed by atoms with Gasteiger partial charge < -0.3 is 10.2 Å². The van der Waals surface area contributed by atoms with Gasteiger partial charge in [-0.1, -0.05) is 0 Å². The third-order valence-electron chi connectivity index (χ3n) is 1.51. The Morgan fingerprint density at radius 1 is 1.73 bits per heavy atom. The molecule has 11 heavy (non-hydrogen) atoms. The quantitative estimate of drug-likeness (QED) is 0.664. The van der Waals surface area contributed by atoms with Crippen LogP contribution in [0, 0.1) is 12.3 Å². The molecule has 0 amide bonds. The van der Waals surface area contributed by atoms with Gasteiger partial charge in [-0.05, 0) is 18.6 Å². The Hall–Kier alpha value is -1.20. The maximum atomic E-state index is 5.74. The molecule has 0 fully saturated rings. The minimum atomic E-state index is -0.0546. The third kappa shape index (κ3) is 2.14. The van der Waals surface area contributed by atoms with E-state index in [1.54, 1.807) is 6.26 Å². The van der Waals surface area contributed by atoms with Crippen LogP contribution in [0.25, 0.3) is 0 Å². The van der Waals surface area contributed by atoms with E-state index in [-0.39, 0.29) is 6.04 Å². The van der Waals surface area contributed by atoms with Gasteiger partial charge in [0.15, 0.2) is 0 Å². The second-order valence-corrected chi connectivity index (χ2v) is 2.36. The Morgan fingerprint density at radius 3 is 3.09 bits per heavy atom. The molecule has 0 aliphatic heterocycles. The zero-order chi connectivity index (χ0) is 8.10. The van der Waals surface area contributed by atoms with Crippen molar-refractivity contribution in [2.24, 2.45) is 5.73 Å². The van der Waals surface area contributed by atoms with Gasteiger partial charge >= 0.3 is 0 Å². The summed E-state index contributed by atoms with van der Waals surface area (Å²) in [7, 11) is 0. The van der Waals surface area contributed by atoms with Crippen molar-refractivity contribution in [1.82, 2.24) is 0 Å². The first kappa shape index (κ1) is 7.90. The summed E-state index contributed by atoms with van der Waals surface area (Å²) in [6.07, 6.45) is 8.19. The molecule has 1 unspecified atom stereocenters. The lowest BCUT2D eigenvalue weighted by atomic mass is 10.1. The standard InChI is InChI=1S/C9H11NO/c1-2-3-5-8(10)9-6-4-7-11-9/h1,4,6-8H,3,5,10H2. The van der Waals surface area contributed by atoms with E-state index in [9.17, 15) is 0 Å². The van der Waals surface area contributed by atoms with Crippen LogP contribution in [0.4, 0.5) is 0 Å². The topological polar surface area (TPSA) is 39.2 Å². The Labute approximate surface area is 66.4 Å². The average molecular weight is 149 g/mol. The first-order chi connectivity index (χ1) is 5.34. The highest BCUT2D eigenvalue weighted by Gasteiger charge is 2.06. The fourth-order valence-electron chi connectivity index (χ4n) is 0.883. The minimum Gasteiger partial charge on any atom is -0.468 e. The Balaban J connectivity index is 2.44. The normalized spacial score (nSPS) is 12.4. The van der Waals surface area contributed by atoms with Crippen molar-refractivity contribution in [3.63, 3.8) is 0 Å². The van der Waals surface area contributed by atoms with Crippen LogP contribution in [-0.4, -0.2) is 0 Å². The molecule has 0 saturated heterocycles. The van der Waals surface area contributed by atoms with Crippen molar-refractivity contribution in [3.05, 3.63) is 24.2 Å². The van der Waals surface area contributed by atoms with Crippen molar-refractivity contribution in [2.45, 2.75) is 18.9 Å². The molecule has 1 rings (SSSR count). The maximum Gasteiger partial charge on any atom is 0.120 e. The maximum absolute atomic E-state index is 5.74. The van der Waals surface area contributed by atoms with E-state index in [1.165, 1.54) is 0 Å². The lowest BCUT2D eigenvalue weighted by Crippen LogP contribution is -2.08. The lowest BCUT2D eigenvalue weighted by Gasteiger charge is -2.04. The Bertz CT molecular complexity index is 233. The van der Waals surface area contributed by atoms with E-state index in [0.29, 0.717) is 6.42 Å². The Morgan fingerprint density at radius 2 is 2.55 bits per heavy atom. The monoisotopic (exact) mass is 149 g/mol. The van der Waals surface area contributed by atoms with E-state index >= 15 is 0 Å². The molecule has 1 aromatic rings. The van der Waals surface area contributed by atoms with Gasteiger partial charge in [0, 0.05) is 6.42 Å². The van der Waals surface area contributed by atoms with E-state index in [1.807, 2.05) is 12.1 Å². The second kappa shape index (κ2) is 3.85.